The van der Waals surface area contributed by atoms with Crippen molar-refractivity contribution in [3.05, 3.63) is 30.1 Å². The number of aliphatic hydroxyl groups excluding tert-OH is 3. The van der Waals surface area contributed by atoms with Crippen LogP contribution in [0.5, 0.6) is 0 Å². The molecule has 1 aromatic heterocycles. The number of nitrogens with zero attached hydrogens (tertiary/aromatic N) is 1. The van der Waals surface area contributed by atoms with Crippen molar-refractivity contribution in [1.82, 2.24) is 0 Å². The minimum absolute atomic E-state index is 0.0373. The number of hydrogen-bond donors (Lipinski definition) is 4. The highest BCUT2D eigenvalue weighted by atomic mass is 16.6. The summed E-state index contributed by atoms with van der Waals surface area (Å²) in [7, 11) is 0. The summed E-state index contributed by atoms with van der Waals surface area (Å²) in [6.45, 7) is -0.423. The molecule has 1 aliphatic heterocycles. The van der Waals surface area contributed by atoms with Crippen molar-refractivity contribution in [3.8, 4) is 0 Å². The standard InChI is InChI=1S/C11H13NO6/c13-5-7-8(14)9(15)10(18-7)12-3-1-2-6(4-12)11(16)17/h1-4,7-10,13-15H,5H2/p+1/t7-,8-,9+,10-/m1/s1. The number of carboxylic acid groups (broad SMARTS) is 1. The Kier molecular flexibility index (Phi) is 3.58. The van der Waals surface area contributed by atoms with Crippen molar-refractivity contribution in [2.75, 3.05) is 6.61 Å². The van der Waals surface area contributed by atoms with Gasteiger partial charge in [-0.2, -0.15) is 4.57 Å². The molecule has 0 amide bonds. The monoisotopic (exact) mass is 256 g/mol. The summed E-state index contributed by atoms with van der Waals surface area (Å²) in [5.41, 5.74) is 0.0373. The van der Waals surface area contributed by atoms with Crippen LogP contribution in [-0.4, -0.2) is 51.3 Å². The van der Waals surface area contributed by atoms with E-state index < -0.39 is 37.1 Å². The van der Waals surface area contributed by atoms with Gasteiger partial charge in [-0.25, -0.2) is 4.79 Å². The molecule has 1 fully saturated rings. The normalized spacial score (nSPS) is 31.5. The van der Waals surface area contributed by atoms with Crippen molar-refractivity contribution in [2.24, 2.45) is 0 Å². The third-order valence-electron chi connectivity index (χ3n) is 2.88. The fourth-order valence-electron chi connectivity index (χ4n) is 1.90. The van der Waals surface area contributed by atoms with Gasteiger partial charge in [-0.05, 0) is 6.07 Å². The zero-order chi connectivity index (χ0) is 13.3. The maximum absolute atomic E-state index is 10.8. The van der Waals surface area contributed by atoms with Gasteiger partial charge < -0.3 is 25.2 Å². The number of carbonyl (C=O) groups is 1. The summed E-state index contributed by atoms with van der Waals surface area (Å²) >= 11 is 0. The highest BCUT2D eigenvalue weighted by molar-refractivity contribution is 5.86. The lowest BCUT2D eigenvalue weighted by Crippen LogP contribution is -2.46. The molecular weight excluding hydrogens is 242 g/mol. The molecule has 4 N–H and O–H groups in total. The zero-order valence-electron chi connectivity index (χ0n) is 9.38. The summed E-state index contributed by atoms with van der Waals surface area (Å²) in [4.78, 5) is 10.8. The summed E-state index contributed by atoms with van der Waals surface area (Å²) in [6.07, 6.45) is -1.42. The van der Waals surface area contributed by atoms with Crippen LogP contribution >= 0.6 is 0 Å². The molecule has 0 aliphatic carbocycles. The van der Waals surface area contributed by atoms with Gasteiger partial charge in [0.25, 0.3) is 6.23 Å². The second-order valence-corrected chi connectivity index (χ2v) is 4.07. The van der Waals surface area contributed by atoms with Crippen LogP contribution in [0.1, 0.15) is 16.6 Å². The number of carboxylic acids is 1. The molecule has 0 unspecified atom stereocenters. The van der Waals surface area contributed by atoms with E-state index in [0.29, 0.717) is 0 Å². The molecule has 7 nitrogen and oxygen atoms in total. The third-order valence-corrected chi connectivity index (χ3v) is 2.88. The van der Waals surface area contributed by atoms with E-state index in [0.717, 1.165) is 0 Å². The van der Waals surface area contributed by atoms with Crippen molar-refractivity contribution in [1.29, 1.82) is 0 Å². The van der Waals surface area contributed by atoms with Crippen molar-refractivity contribution < 1.29 is 34.5 Å². The summed E-state index contributed by atoms with van der Waals surface area (Å²) < 4.78 is 6.63. The van der Waals surface area contributed by atoms with Crippen LogP contribution < -0.4 is 4.57 Å². The first kappa shape index (κ1) is 12.9. The molecule has 0 spiro atoms. The second kappa shape index (κ2) is 4.99. The molecule has 1 aliphatic rings. The van der Waals surface area contributed by atoms with Gasteiger partial charge >= 0.3 is 5.97 Å². The minimum atomic E-state index is -1.23. The lowest BCUT2D eigenvalue weighted by molar-refractivity contribution is -0.765. The van der Waals surface area contributed by atoms with Crippen LogP contribution in [0.2, 0.25) is 0 Å². The van der Waals surface area contributed by atoms with E-state index in [4.69, 9.17) is 14.9 Å². The summed E-state index contributed by atoms with van der Waals surface area (Å²) in [5, 5.41) is 37.2. The fraction of sp³-hybridized carbons (Fsp3) is 0.455. The zero-order valence-corrected chi connectivity index (χ0v) is 9.38. The van der Waals surface area contributed by atoms with Gasteiger partial charge in [0.2, 0.25) is 0 Å². The Labute approximate surface area is 102 Å². The van der Waals surface area contributed by atoms with Crippen LogP contribution in [0.25, 0.3) is 0 Å². The molecule has 0 bridgehead atoms. The first-order valence-electron chi connectivity index (χ1n) is 5.41. The highest BCUT2D eigenvalue weighted by Gasteiger charge is 2.47. The van der Waals surface area contributed by atoms with Crippen LogP contribution in [-0.2, 0) is 4.74 Å². The Balaban J connectivity index is 2.27. The number of hydrogen-bond acceptors (Lipinski definition) is 5. The number of ether oxygens (including phenoxy) is 1. The molecular formula is C11H14NO6+. The smallest absolute Gasteiger partial charge is 0.341 e. The number of aromatic carboxylic acids is 1. The van der Waals surface area contributed by atoms with Gasteiger partial charge in [0.05, 0.1) is 6.61 Å². The van der Waals surface area contributed by atoms with Gasteiger partial charge in [0, 0.05) is 6.07 Å². The summed E-state index contributed by atoms with van der Waals surface area (Å²) in [6, 6.07) is 2.90. The SMILES string of the molecule is O=C(O)c1ccc[n+]([C@@H]2O[C@H](CO)[C@@H](O)[C@@H]2O)c1. The van der Waals surface area contributed by atoms with Crippen molar-refractivity contribution in [2.45, 2.75) is 24.5 Å². The number of rotatable bonds is 3. The van der Waals surface area contributed by atoms with Crippen LogP contribution in [0, 0.1) is 0 Å². The molecule has 0 saturated carbocycles. The topological polar surface area (TPSA) is 111 Å². The number of pyridine rings is 1. The maximum atomic E-state index is 10.8. The Bertz CT molecular complexity index is 451. The highest BCUT2D eigenvalue weighted by Crippen LogP contribution is 2.24. The Morgan fingerprint density at radius 1 is 1.39 bits per heavy atom. The van der Waals surface area contributed by atoms with Gasteiger partial charge in [-0.15, -0.1) is 0 Å². The number of aliphatic hydroxyl groups is 3. The average Bonchev–Trinajstić information content (AvgIpc) is 2.66. The molecule has 2 rings (SSSR count). The lowest BCUT2D eigenvalue weighted by Gasteiger charge is -2.09. The van der Waals surface area contributed by atoms with Gasteiger partial charge in [-0.1, -0.05) is 0 Å². The Morgan fingerprint density at radius 3 is 2.67 bits per heavy atom. The van der Waals surface area contributed by atoms with E-state index in [1.165, 1.54) is 29.1 Å². The second-order valence-electron chi connectivity index (χ2n) is 4.07. The van der Waals surface area contributed by atoms with E-state index in [1.54, 1.807) is 0 Å². The maximum Gasteiger partial charge on any atom is 0.341 e. The van der Waals surface area contributed by atoms with Crippen LogP contribution in [0.4, 0.5) is 0 Å². The molecule has 1 aromatic rings. The molecule has 98 valence electrons. The third kappa shape index (κ3) is 2.21. The molecule has 2 heterocycles. The lowest BCUT2D eigenvalue weighted by atomic mass is 10.1. The van der Waals surface area contributed by atoms with E-state index in [1.807, 2.05) is 0 Å². The van der Waals surface area contributed by atoms with E-state index in [9.17, 15) is 15.0 Å². The van der Waals surface area contributed by atoms with Crippen LogP contribution in [0.15, 0.2) is 24.5 Å². The van der Waals surface area contributed by atoms with Crippen molar-refractivity contribution in [3.63, 3.8) is 0 Å². The Hall–Kier alpha value is -1.54. The van der Waals surface area contributed by atoms with E-state index >= 15 is 0 Å². The molecule has 1 saturated heterocycles. The van der Waals surface area contributed by atoms with Gasteiger partial charge in [0.1, 0.15) is 17.8 Å². The molecule has 0 radical (unpaired) electrons. The van der Waals surface area contributed by atoms with Crippen molar-refractivity contribution >= 4 is 5.97 Å². The van der Waals surface area contributed by atoms with Crippen LogP contribution in [0.3, 0.4) is 0 Å². The van der Waals surface area contributed by atoms with Gasteiger partial charge in [-0.3, -0.25) is 0 Å². The predicted octanol–water partition coefficient (Wildman–Crippen LogP) is -1.72. The Morgan fingerprint density at radius 2 is 2.11 bits per heavy atom. The average molecular weight is 256 g/mol. The fourth-order valence-corrected chi connectivity index (χ4v) is 1.90. The molecule has 0 aromatic carbocycles. The number of aromatic nitrogens is 1. The molecule has 4 atom stereocenters. The first-order valence-corrected chi connectivity index (χ1v) is 5.41. The summed E-state index contributed by atoms with van der Waals surface area (Å²) in [5.74, 6) is -1.10. The first-order chi connectivity index (χ1) is 8.54. The van der Waals surface area contributed by atoms with E-state index in [-0.39, 0.29) is 5.56 Å². The van der Waals surface area contributed by atoms with Gasteiger partial charge in [0.15, 0.2) is 18.5 Å². The quantitative estimate of drug-likeness (QED) is 0.479. The minimum Gasteiger partial charge on any atom is -0.477 e. The molecule has 18 heavy (non-hydrogen) atoms. The van der Waals surface area contributed by atoms with E-state index in [2.05, 4.69) is 0 Å². The largest absolute Gasteiger partial charge is 0.477 e. The molecule has 7 heteroatoms. The predicted molar refractivity (Wildman–Crippen MR) is 56.6 cm³/mol.